The minimum atomic E-state index is -0.498. The minimum absolute atomic E-state index is 0.233. The van der Waals surface area contributed by atoms with Gasteiger partial charge in [0.1, 0.15) is 0 Å². The van der Waals surface area contributed by atoms with Gasteiger partial charge in [-0.15, -0.1) is 11.8 Å². The van der Waals surface area contributed by atoms with Crippen molar-refractivity contribution in [3.8, 4) is 11.1 Å². The number of carbonyl (C=O) groups is 2. The second-order valence-corrected chi connectivity index (χ2v) is 7.49. The Morgan fingerprint density at radius 1 is 1.26 bits per heavy atom. The lowest BCUT2D eigenvalue weighted by Crippen LogP contribution is -2.21. The Hall–Kier alpha value is -2.18. The van der Waals surface area contributed by atoms with Crippen molar-refractivity contribution in [3.63, 3.8) is 0 Å². The molecule has 0 spiro atoms. The smallest absolute Gasteiger partial charge is 0.340 e. The first kappa shape index (κ1) is 19.6. The average Bonchev–Trinajstić information content (AvgIpc) is 2.67. The molecule has 5 nitrogen and oxygen atoms in total. The molecular weight excluding hydrogens is 386 g/mol. The molecule has 0 unspecified atom stereocenters. The summed E-state index contributed by atoms with van der Waals surface area (Å²) in [6.07, 6.45) is 0. The maximum absolute atomic E-state index is 12.9. The van der Waals surface area contributed by atoms with E-state index in [0.717, 1.165) is 22.8 Å². The van der Waals surface area contributed by atoms with Crippen LogP contribution in [0.3, 0.4) is 0 Å². The Kier molecular flexibility index (Phi) is 5.97. The average molecular weight is 406 g/mol. The molecule has 0 aliphatic carbocycles. The fourth-order valence-electron chi connectivity index (χ4n) is 3.23. The Labute approximate surface area is 167 Å². The van der Waals surface area contributed by atoms with E-state index in [9.17, 15) is 9.59 Å². The summed E-state index contributed by atoms with van der Waals surface area (Å²) in [4.78, 5) is 26.5. The summed E-state index contributed by atoms with van der Waals surface area (Å²) in [5.74, 6) is -0.140. The molecule has 2 aromatic carbocycles. The van der Waals surface area contributed by atoms with Gasteiger partial charge in [-0.25, -0.2) is 9.59 Å². The summed E-state index contributed by atoms with van der Waals surface area (Å²) in [5.41, 5.74) is 3.32. The highest BCUT2D eigenvalue weighted by molar-refractivity contribution is 7.99. The van der Waals surface area contributed by atoms with E-state index >= 15 is 0 Å². The molecule has 0 fully saturated rings. The third-order valence-corrected chi connectivity index (χ3v) is 5.77. The number of hydrogen-bond acceptors (Lipinski definition) is 6. The molecule has 1 aliphatic rings. The van der Waals surface area contributed by atoms with Gasteiger partial charge in [0.2, 0.25) is 0 Å². The molecule has 2 aromatic rings. The number of benzene rings is 2. The first-order chi connectivity index (χ1) is 13.0. The topological polar surface area (TPSA) is 64.6 Å². The van der Waals surface area contributed by atoms with Crippen molar-refractivity contribution in [2.24, 2.45) is 0 Å². The predicted octanol–water partition coefficient (Wildman–Crippen LogP) is 4.80. The third-order valence-electron chi connectivity index (χ3n) is 4.33. The molecular formula is C20H20ClNO4S. The third kappa shape index (κ3) is 3.64. The monoisotopic (exact) mass is 405 g/mol. The maximum atomic E-state index is 12.9. The number of rotatable bonds is 4. The van der Waals surface area contributed by atoms with E-state index in [1.54, 1.807) is 36.9 Å². The van der Waals surface area contributed by atoms with Crippen LogP contribution in [0.4, 0.5) is 5.69 Å². The zero-order valence-electron chi connectivity index (χ0n) is 15.3. The van der Waals surface area contributed by atoms with Crippen molar-refractivity contribution >= 4 is 41.0 Å². The van der Waals surface area contributed by atoms with Crippen molar-refractivity contribution in [1.82, 2.24) is 0 Å². The van der Waals surface area contributed by atoms with E-state index in [0.29, 0.717) is 33.0 Å². The fourth-order valence-corrected chi connectivity index (χ4v) is 4.46. The van der Waals surface area contributed by atoms with Gasteiger partial charge in [0.05, 0.1) is 30.5 Å². The van der Waals surface area contributed by atoms with Crippen LogP contribution >= 0.6 is 23.4 Å². The second-order valence-electron chi connectivity index (χ2n) is 5.95. The number of thioether (sulfide) groups is 1. The van der Waals surface area contributed by atoms with Gasteiger partial charge < -0.3 is 14.8 Å². The quantitative estimate of drug-likeness (QED) is 0.737. The van der Waals surface area contributed by atoms with Gasteiger partial charge in [-0.05, 0) is 37.1 Å². The molecule has 0 amide bonds. The van der Waals surface area contributed by atoms with E-state index in [1.165, 1.54) is 7.11 Å². The zero-order chi connectivity index (χ0) is 19.6. The molecule has 1 aliphatic heterocycles. The molecule has 3 rings (SSSR count). The van der Waals surface area contributed by atoms with Crippen LogP contribution in [0.25, 0.3) is 11.1 Å². The van der Waals surface area contributed by atoms with Crippen molar-refractivity contribution < 1.29 is 19.1 Å². The number of hydrogen-bond donors (Lipinski definition) is 1. The van der Waals surface area contributed by atoms with E-state index in [-0.39, 0.29) is 6.61 Å². The standard InChI is InChI=1S/C20H20ClNO4S/c1-4-26-20(24)16-15(12-6-5-7-13(21)10-12)14(19(23)25-3)11(2)18-17(16)22-8-9-27-18/h5-7,10,22H,4,8-9H2,1-3H3. The van der Waals surface area contributed by atoms with Crippen molar-refractivity contribution in [1.29, 1.82) is 0 Å². The number of methoxy groups -OCH3 is 1. The highest BCUT2D eigenvalue weighted by Crippen LogP contribution is 2.45. The van der Waals surface area contributed by atoms with Crippen LogP contribution in [0.1, 0.15) is 33.2 Å². The van der Waals surface area contributed by atoms with Crippen LogP contribution < -0.4 is 5.32 Å². The Morgan fingerprint density at radius 2 is 2.04 bits per heavy atom. The zero-order valence-corrected chi connectivity index (χ0v) is 16.9. The minimum Gasteiger partial charge on any atom is -0.465 e. The van der Waals surface area contributed by atoms with E-state index < -0.39 is 11.9 Å². The largest absolute Gasteiger partial charge is 0.465 e. The summed E-state index contributed by atoms with van der Waals surface area (Å²) >= 11 is 7.79. The number of carbonyl (C=O) groups excluding carboxylic acids is 2. The van der Waals surface area contributed by atoms with Gasteiger partial charge in [0.25, 0.3) is 0 Å². The Morgan fingerprint density at radius 3 is 2.70 bits per heavy atom. The molecule has 1 N–H and O–H groups in total. The van der Waals surface area contributed by atoms with Crippen LogP contribution in [-0.4, -0.2) is 38.0 Å². The molecule has 142 valence electrons. The van der Waals surface area contributed by atoms with Crippen molar-refractivity contribution in [3.05, 3.63) is 46.0 Å². The number of nitrogens with one attached hydrogen (secondary N) is 1. The fraction of sp³-hybridized carbons (Fsp3) is 0.300. The second kappa shape index (κ2) is 8.23. The Balaban J connectivity index is 2.44. The SMILES string of the molecule is CCOC(=O)c1c2c(c(C)c(C(=O)OC)c1-c1cccc(Cl)c1)SCCN2. The lowest BCUT2D eigenvalue weighted by atomic mass is 9.89. The highest BCUT2D eigenvalue weighted by Gasteiger charge is 2.32. The molecule has 7 heteroatoms. The molecule has 0 saturated heterocycles. The van der Waals surface area contributed by atoms with E-state index in [4.69, 9.17) is 21.1 Å². The maximum Gasteiger partial charge on any atom is 0.340 e. The number of halogens is 1. The predicted molar refractivity (Wildman–Crippen MR) is 108 cm³/mol. The van der Waals surface area contributed by atoms with Gasteiger partial charge in [-0.1, -0.05) is 23.7 Å². The summed E-state index contributed by atoms with van der Waals surface area (Å²) in [7, 11) is 1.33. The molecule has 0 bridgehead atoms. The van der Waals surface area contributed by atoms with Gasteiger partial charge in [0, 0.05) is 27.8 Å². The number of fused-ring (bicyclic) bond motifs is 1. The lowest BCUT2D eigenvalue weighted by molar-refractivity contribution is 0.0528. The van der Waals surface area contributed by atoms with E-state index in [1.807, 2.05) is 13.0 Å². The summed E-state index contributed by atoms with van der Waals surface area (Å²) < 4.78 is 10.4. The molecule has 0 atom stereocenters. The number of esters is 2. The van der Waals surface area contributed by atoms with Gasteiger partial charge >= 0.3 is 11.9 Å². The van der Waals surface area contributed by atoms with Crippen LogP contribution in [-0.2, 0) is 9.47 Å². The Bertz CT molecular complexity index is 913. The highest BCUT2D eigenvalue weighted by atomic mass is 35.5. The van der Waals surface area contributed by atoms with Crippen molar-refractivity contribution in [2.45, 2.75) is 18.7 Å². The van der Waals surface area contributed by atoms with Crippen LogP contribution in [0.2, 0.25) is 5.02 Å². The summed E-state index contributed by atoms with van der Waals surface area (Å²) in [5, 5.41) is 3.82. The van der Waals surface area contributed by atoms with E-state index in [2.05, 4.69) is 5.32 Å². The van der Waals surface area contributed by atoms with Crippen molar-refractivity contribution in [2.75, 3.05) is 31.3 Å². The first-order valence-electron chi connectivity index (χ1n) is 8.58. The summed E-state index contributed by atoms with van der Waals surface area (Å²) in [6.45, 7) is 4.57. The van der Waals surface area contributed by atoms with Gasteiger partial charge in [0.15, 0.2) is 0 Å². The van der Waals surface area contributed by atoms with Gasteiger partial charge in [-0.2, -0.15) is 0 Å². The number of ether oxygens (including phenoxy) is 2. The number of anilines is 1. The lowest BCUT2D eigenvalue weighted by Gasteiger charge is -2.27. The first-order valence-corrected chi connectivity index (χ1v) is 9.94. The van der Waals surface area contributed by atoms with Crippen LogP contribution in [0, 0.1) is 6.92 Å². The molecule has 27 heavy (non-hydrogen) atoms. The van der Waals surface area contributed by atoms with Gasteiger partial charge in [-0.3, -0.25) is 0 Å². The van der Waals surface area contributed by atoms with Crippen LogP contribution in [0.15, 0.2) is 29.2 Å². The van der Waals surface area contributed by atoms with Crippen LogP contribution in [0.5, 0.6) is 0 Å². The summed E-state index contributed by atoms with van der Waals surface area (Å²) in [6, 6.07) is 7.07. The molecule has 0 aromatic heterocycles. The normalized spacial score (nSPS) is 12.7. The molecule has 0 saturated carbocycles. The molecule has 1 heterocycles. The molecule has 0 radical (unpaired) electrons.